The monoisotopic (exact) mass is 386 g/mol. The van der Waals surface area contributed by atoms with Gasteiger partial charge in [-0.2, -0.15) is 0 Å². The molecule has 2 heteroatoms. The SMILES string of the molecule is Brc1ccccc1-c1cccc(-c2ccccc2Br)c1. The van der Waals surface area contributed by atoms with Crippen LogP contribution >= 0.6 is 31.9 Å². The van der Waals surface area contributed by atoms with Gasteiger partial charge in [-0.1, -0.05) is 86.5 Å². The van der Waals surface area contributed by atoms with E-state index >= 15 is 0 Å². The Hall–Kier alpha value is -1.38. The van der Waals surface area contributed by atoms with Gasteiger partial charge >= 0.3 is 0 Å². The first kappa shape index (κ1) is 13.6. The zero-order chi connectivity index (χ0) is 13.9. The van der Waals surface area contributed by atoms with Gasteiger partial charge in [-0.3, -0.25) is 0 Å². The molecule has 3 rings (SSSR count). The van der Waals surface area contributed by atoms with Crippen LogP contribution in [-0.4, -0.2) is 0 Å². The lowest BCUT2D eigenvalue weighted by Gasteiger charge is -2.09. The van der Waals surface area contributed by atoms with Crippen LogP contribution in [0.1, 0.15) is 0 Å². The Bertz CT molecular complexity index is 687. The molecule has 0 nitrogen and oxygen atoms in total. The molecule has 0 spiro atoms. The van der Waals surface area contributed by atoms with Crippen molar-refractivity contribution in [1.82, 2.24) is 0 Å². The predicted octanol–water partition coefficient (Wildman–Crippen LogP) is 6.55. The summed E-state index contributed by atoms with van der Waals surface area (Å²) in [5.41, 5.74) is 4.85. The summed E-state index contributed by atoms with van der Waals surface area (Å²) in [5, 5.41) is 0. The molecule has 0 amide bonds. The molecule has 0 heterocycles. The van der Waals surface area contributed by atoms with Crippen molar-refractivity contribution in [3.8, 4) is 22.3 Å². The molecule has 0 unspecified atom stereocenters. The molecule has 0 aliphatic carbocycles. The number of hydrogen-bond acceptors (Lipinski definition) is 0. The van der Waals surface area contributed by atoms with Gasteiger partial charge in [0.15, 0.2) is 0 Å². The fourth-order valence-corrected chi connectivity index (χ4v) is 3.27. The molecule has 3 aromatic rings. The van der Waals surface area contributed by atoms with Gasteiger partial charge in [0, 0.05) is 8.95 Å². The van der Waals surface area contributed by atoms with Crippen LogP contribution in [0.25, 0.3) is 22.3 Å². The summed E-state index contributed by atoms with van der Waals surface area (Å²) in [6.45, 7) is 0. The van der Waals surface area contributed by atoms with E-state index in [1.54, 1.807) is 0 Å². The molecule has 0 saturated carbocycles. The second-order valence-electron chi connectivity index (χ2n) is 4.54. The number of benzene rings is 3. The van der Waals surface area contributed by atoms with E-state index in [4.69, 9.17) is 0 Å². The molecular formula is C18H12Br2. The third-order valence-electron chi connectivity index (χ3n) is 3.23. The molecule has 0 aliphatic heterocycles. The van der Waals surface area contributed by atoms with Crippen LogP contribution in [0.2, 0.25) is 0 Å². The van der Waals surface area contributed by atoms with Gasteiger partial charge in [-0.25, -0.2) is 0 Å². The van der Waals surface area contributed by atoms with E-state index in [1.807, 2.05) is 12.1 Å². The van der Waals surface area contributed by atoms with E-state index in [1.165, 1.54) is 22.3 Å². The quantitative estimate of drug-likeness (QED) is 0.467. The standard InChI is InChI=1S/C18H12Br2/c19-17-10-3-1-8-15(17)13-6-5-7-14(12-13)16-9-2-4-11-18(16)20/h1-12H. The minimum absolute atomic E-state index is 1.12. The Morgan fingerprint density at radius 1 is 0.500 bits per heavy atom. The molecule has 0 aromatic heterocycles. The average molecular weight is 388 g/mol. The third kappa shape index (κ3) is 2.72. The highest BCUT2D eigenvalue weighted by molar-refractivity contribution is 9.11. The lowest BCUT2D eigenvalue weighted by atomic mass is 9.99. The van der Waals surface area contributed by atoms with E-state index < -0.39 is 0 Å². The van der Waals surface area contributed by atoms with E-state index in [-0.39, 0.29) is 0 Å². The van der Waals surface area contributed by atoms with Gasteiger partial charge in [-0.05, 0) is 40.5 Å². The zero-order valence-corrected chi connectivity index (χ0v) is 13.9. The molecule has 98 valence electrons. The van der Waals surface area contributed by atoms with Crippen LogP contribution in [-0.2, 0) is 0 Å². The number of rotatable bonds is 2. The van der Waals surface area contributed by atoms with Gasteiger partial charge in [-0.15, -0.1) is 0 Å². The Morgan fingerprint density at radius 2 is 0.950 bits per heavy atom. The lowest BCUT2D eigenvalue weighted by molar-refractivity contribution is 1.55. The predicted molar refractivity (Wildman–Crippen MR) is 92.7 cm³/mol. The van der Waals surface area contributed by atoms with Crippen LogP contribution in [0.3, 0.4) is 0 Å². The normalized spacial score (nSPS) is 10.5. The summed E-state index contributed by atoms with van der Waals surface area (Å²) in [4.78, 5) is 0. The van der Waals surface area contributed by atoms with E-state index in [0.717, 1.165) is 8.95 Å². The molecule has 0 saturated heterocycles. The second-order valence-corrected chi connectivity index (χ2v) is 6.25. The largest absolute Gasteiger partial charge is 0.0616 e. The van der Waals surface area contributed by atoms with Crippen molar-refractivity contribution >= 4 is 31.9 Å². The maximum Gasteiger partial charge on any atom is 0.0253 e. The Balaban J connectivity index is 2.12. The topological polar surface area (TPSA) is 0 Å². The summed E-state index contributed by atoms with van der Waals surface area (Å²) in [6.07, 6.45) is 0. The molecule has 0 radical (unpaired) electrons. The Kier molecular flexibility index (Phi) is 4.04. The van der Waals surface area contributed by atoms with Crippen molar-refractivity contribution in [2.75, 3.05) is 0 Å². The smallest absolute Gasteiger partial charge is 0.0253 e. The molecule has 0 fully saturated rings. The summed E-state index contributed by atoms with van der Waals surface area (Å²) in [7, 11) is 0. The molecular weight excluding hydrogens is 376 g/mol. The van der Waals surface area contributed by atoms with Gasteiger partial charge in [0.05, 0.1) is 0 Å². The lowest BCUT2D eigenvalue weighted by Crippen LogP contribution is -1.83. The Morgan fingerprint density at radius 3 is 1.40 bits per heavy atom. The third-order valence-corrected chi connectivity index (χ3v) is 4.62. The van der Waals surface area contributed by atoms with Crippen LogP contribution in [0.4, 0.5) is 0 Å². The zero-order valence-electron chi connectivity index (χ0n) is 10.7. The summed E-state index contributed by atoms with van der Waals surface area (Å²) in [6, 6.07) is 25.2. The highest BCUT2D eigenvalue weighted by Gasteiger charge is 2.06. The molecule has 0 bridgehead atoms. The van der Waals surface area contributed by atoms with Crippen molar-refractivity contribution in [1.29, 1.82) is 0 Å². The van der Waals surface area contributed by atoms with E-state index in [9.17, 15) is 0 Å². The van der Waals surface area contributed by atoms with Crippen LogP contribution in [0.5, 0.6) is 0 Å². The highest BCUT2D eigenvalue weighted by atomic mass is 79.9. The summed E-state index contributed by atoms with van der Waals surface area (Å²) in [5.74, 6) is 0. The van der Waals surface area contributed by atoms with Crippen LogP contribution < -0.4 is 0 Å². The molecule has 0 N–H and O–H groups in total. The molecule has 20 heavy (non-hydrogen) atoms. The van der Waals surface area contributed by atoms with Crippen molar-refractivity contribution in [2.45, 2.75) is 0 Å². The minimum atomic E-state index is 1.12. The Labute approximate surface area is 135 Å². The van der Waals surface area contributed by atoms with E-state index in [0.29, 0.717) is 0 Å². The average Bonchev–Trinajstić information content (AvgIpc) is 2.48. The maximum atomic E-state index is 3.62. The fourth-order valence-electron chi connectivity index (χ4n) is 2.24. The van der Waals surface area contributed by atoms with Crippen LogP contribution in [0, 0.1) is 0 Å². The first-order valence-corrected chi connectivity index (χ1v) is 7.94. The number of hydrogen-bond donors (Lipinski definition) is 0. The minimum Gasteiger partial charge on any atom is -0.0616 e. The van der Waals surface area contributed by atoms with Gasteiger partial charge in [0.25, 0.3) is 0 Å². The van der Waals surface area contributed by atoms with Gasteiger partial charge in [0.2, 0.25) is 0 Å². The van der Waals surface area contributed by atoms with Crippen molar-refractivity contribution in [3.05, 3.63) is 81.7 Å². The van der Waals surface area contributed by atoms with E-state index in [2.05, 4.69) is 92.5 Å². The molecule has 0 aliphatic rings. The van der Waals surface area contributed by atoms with Gasteiger partial charge < -0.3 is 0 Å². The first-order chi connectivity index (χ1) is 9.75. The molecule has 3 aromatic carbocycles. The summed E-state index contributed by atoms with van der Waals surface area (Å²) >= 11 is 7.24. The van der Waals surface area contributed by atoms with Crippen molar-refractivity contribution in [2.24, 2.45) is 0 Å². The highest BCUT2D eigenvalue weighted by Crippen LogP contribution is 2.33. The maximum absolute atomic E-state index is 3.62. The van der Waals surface area contributed by atoms with Crippen molar-refractivity contribution in [3.63, 3.8) is 0 Å². The van der Waals surface area contributed by atoms with Crippen LogP contribution in [0.15, 0.2) is 81.7 Å². The fraction of sp³-hybridized carbons (Fsp3) is 0. The summed E-state index contributed by atoms with van der Waals surface area (Å²) < 4.78 is 2.23. The van der Waals surface area contributed by atoms with Gasteiger partial charge in [0.1, 0.15) is 0 Å². The second kappa shape index (κ2) is 5.94. The first-order valence-electron chi connectivity index (χ1n) is 6.35. The molecule has 0 atom stereocenters. The number of halogens is 2. The van der Waals surface area contributed by atoms with Crippen molar-refractivity contribution < 1.29 is 0 Å².